The van der Waals surface area contributed by atoms with Gasteiger partial charge in [-0.1, -0.05) is 47.1 Å². The van der Waals surface area contributed by atoms with Crippen LogP contribution in [0.25, 0.3) is 10.9 Å². The van der Waals surface area contributed by atoms with Crippen molar-refractivity contribution in [1.29, 1.82) is 0 Å². The lowest BCUT2D eigenvalue weighted by Gasteiger charge is -2.02. The number of hydrogen-bond acceptors (Lipinski definition) is 4. The van der Waals surface area contributed by atoms with Crippen molar-refractivity contribution >= 4 is 28.4 Å². The first kappa shape index (κ1) is 16.4. The van der Waals surface area contributed by atoms with Crippen LogP contribution in [0.4, 0.5) is 0 Å². The lowest BCUT2D eigenvalue weighted by atomic mass is 10.1. The molecule has 4 aromatic rings. The summed E-state index contributed by atoms with van der Waals surface area (Å²) in [5.41, 5.74) is 3.03. The Labute approximate surface area is 154 Å². The Hall–Kier alpha value is -3.12. The minimum Gasteiger partial charge on any atom is -0.361 e. The fourth-order valence-corrected chi connectivity index (χ4v) is 2.85. The number of H-pyrrole nitrogens is 1. The Kier molecular flexibility index (Phi) is 4.41. The van der Waals surface area contributed by atoms with Gasteiger partial charge in [-0.3, -0.25) is 4.79 Å². The predicted molar refractivity (Wildman–Crippen MR) is 98.0 cm³/mol. The maximum Gasteiger partial charge on any atom is 0.315 e. The van der Waals surface area contributed by atoms with Gasteiger partial charge in [0.2, 0.25) is 0 Å². The van der Waals surface area contributed by atoms with E-state index in [4.69, 9.17) is 16.1 Å². The zero-order chi connectivity index (χ0) is 17.9. The fraction of sp³-hybridized carbons (Fsp3) is 0.105. The molecule has 7 heteroatoms. The summed E-state index contributed by atoms with van der Waals surface area (Å²) in [6, 6.07) is 15.2. The van der Waals surface area contributed by atoms with E-state index in [1.807, 2.05) is 42.6 Å². The van der Waals surface area contributed by atoms with Gasteiger partial charge in [0.05, 0.1) is 0 Å². The number of nitrogens with one attached hydrogen (secondary N) is 2. The fourth-order valence-electron chi connectivity index (χ4n) is 2.73. The second-order valence-corrected chi connectivity index (χ2v) is 6.30. The molecule has 0 fully saturated rings. The largest absolute Gasteiger partial charge is 0.361 e. The summed E-state index contributed by atoms with van der Waals surface area (Å²) in [6.07, 6.45) is 2.40. The summed E-state index contributed by atoms with van der Waals surface area (Å²) in [7, 11) is 0. The van der Waals surface area contributed by atoms with Gasteiger partial charge in [0.15, 0.2) is 5.82 Å². The number of benzene rings is 2. The van der Waals surface area contributed by atoms with Crippen molar-refractivity contribution in [3.05, 3.63) is 82.6 Å². The lowest BCUT2D eigenvalue weighted by Crippen LogP contribution is -2.23. The molecular weight excluding hydrogens is 352 g/mol. The van der Waals surface area contributed by atoms with E-state index >= 15 is 0 Å². The standard InChI is InChI=1S/C19H15ClN4O2/c20-14-7-5-12(6-8-14)10-22-18(25)19-23-17(24-26-19)9-13-11-21-16-4-2-1-3-15(13)16/h1-8,11,21H,9-10H2,(H,22,25). The van der Waals surface area contributed by atoms with Gasteiger partial charge >= 0.3 is 11.8 Å². The highest BCUT2D eigenvalue weighted by molar-refractivity contribution is 6.30. The molecule has 4 rings (SSSR count). The van der Waals surface area contributed by atoms with E-state index in [1.165, 1.54) is 0 Å². The van der Waals surface area contributed by atoms with E-state index in [-0.39, 0.29) is 5.89 Å². The molecular formula is C19H15ClN4O2. The molecule has 0 bridgehead atoms. The molecule has 1 amide bonds. The van der Waals surface area contributed by atoms with Crippen LogP contribution >= 0.6 is 11.6 Å². The molecule has 0 atom stereocenters. The second-order valence-electron chi connectivity index (χ2n) is 5.86. The molecule has 0 spiro atoms. The van der Waals surface area contributed by atoms with Crippen LogP contribution in [0, 0.1) is 0 Å². The molecule has 0 unspecified atom stereocenters. The highest BCUT2D eigenvalue weighted by Gasteiger charge is 2.16. The summed E-state index contributed by atoms with van der Waals surface area (Å²) in [6.45, 7) is 0.357. The quantitative estimate of drug-likeness (QED) is 0.563. The van der Waals surface area contributed by atoms with Gasteiger partial charge in [-0.2, -0.15) is 4.98 Å². The Balaban J connectivity index is 1.42. The average Bonchev–Trinajstić information content (AvgIpc) is 3.29. The first-order valence-electron chi connectivity index (χ1n) is 8.09. The van der Waals surface area contributed by atoms with Crippen LogP contribution in [0.5, 0.6) is 0 Å². The summed E-state index contributed by atoms with van der Waals surface area (Å²) < 4.78 is 5.09. The van der Waals surface area contributed by atoms with Gasteiger partial charge in [-0.15, -0.1) is 0 Å². The molecule has 2 N–H and O–H groups in total. The Morgan fingerprint density at radius 2 is 1.96 bits per heavy atom. The van der Waals surface area contributed by atoms with E-state index in [2.05, 4.69) is 20.4 Å². The highest BCUT2D eigenvalue weighted by atomic mass is 35.5. The molecule has 6 nitrogen and oxygen atoms in total. The lowest BCUT2D eigenvalue weighted by molar-refractivity contribution is 0.0907. The zero-order valence-electron chi connectivity index (χ0n) is 13.7. The molecule has 0 saturated heterocycles. The maximum atomic E-state index is 12.2. The van der Waals surface area contributed by atoms with Gasteiger partial charge in [-0.05, 0) is 29.3 Å². The van der Waals surface area contributed by atoms with Crippen molar-refractivity contribution < 1.29 is 9.32 Å². The van der Waals surface area contributed by atoms with Gasteiger partial charge < -0.3 is 14.8 Å². The van der Waals surface area contributed by atoms with Crippen LogP contribution in [0.1, 0.15) is 27.6 Å². The number of aromatic nitrogens is 3. The number of fused-ring (bicyclic) bond motifs is 1. The van der Waals surface area contributed by atoms with Crippen molar-refractivity contribution in [2.75, 3.05) is 0 Å². The zero-order valence-corrected chi connectivity index (χ0v) is 14.5. The van der Waals surface area contributed by atoms with Crippen molar-refractivity contribution in [1.82, 2.24) is 20.4 Å². The molecule has 130 valence electrons. The van der Waals surface area contributed by atoms with Gasteiger partial charge in [0, 0.05) is 35.1 Å². The third kappa shape index (κ3) is 3.45. The molecule has 2 aromatic carbocycles. The average molecular weight is 367 g/mol. The van der Waals surface area contributed by atoms with Gasteiger partial charge in [0.1, 0.15) is 0 Å². The normalized spacial score (nSPS) is 11.0. The van der Waals surface area contributed by atoms with E-state index in [0.717, 1.165) is 22.0 Å². The summed E-state index contributed by atoms with van der Waals surface area (Å²) in [5, 5.41) is 8.41. The van der Waals surface area contributed by atoms with E-state index in [9.17, 15) is 4.79 Å². The van der Waals surface area contributed by atoms with Crippen molar-refractivity contribution in [3.63, 3.8) is 0 Å². The first-order valence-corrected chi connectivity index (χ1v) is 8.47. The third-order valence-electron chi connectivity index (χ3n) is 4.05. The number of nitrogens with zero attached hydrogens (tertiary/aromatic N) is 2. The molecule has 0 saturated carbocycles. The Morgan fingerprint density at radius 3 is 2.81 bits per heavy atom. The monoisotopic (exact) mass is 366 g/mol. The van der Waals surface area contributed by atoms with Crippen LogP contribution in [0.3, 0.4) is 0 Å². The number of carbonyl (C=O) groups is 1. The molecule has 0 radical (unpaired) electrons. The second kappa shape index (κ2) is 7.01. The molecule has 2 heterocycles. The molecule has 0 aliphatic carbocycles. The van der Waals surface area contributed by atoms with Crippen LogP contribution < -0.4 is 5.32 Å². The van der Waals surface area contributed by atoms with Crippen LogP contribution in [0.15, 0.2) is 59.3 Å². The topological polar surface area (TPSA) is 83.8 Å². The minimum atomic E-state index is -0.405. The number of carbonyl (C=O) groups excluding carboxylic acids is 1. The maximum absolute atomic E-state index is 12.2. The van der Waals surface area contributed by atoms with E-state index in [0.29, 0.717) is 23.8 Å². The summed E-state index contributed by atoms with van der Waals surface area (Å²) in [4.78, 5) is 19.6. The Morgan fingerprint density at radius 1 is 1.15 bits per heavy atom. The number of para-hydroxylation sites is 1. The predicted octanol–water partition coefficient (Wildman–Crippen LogP) is 3.73. The number of hydrogen-bond donors (Lipinski definition) is 2. The van der Waals surface area contributed by atoms with E-state index in [1.54, 1.807) is 12.1 Å². The molecule has 0 aliphatic heterocycles. The highest BCUT2D eigenvalue weighted by Crippen LogP contribution is 2.19. The number of aromatic amines is 1. The van der Waals surface area contributed by atoms with Crippen LogP contribution in [-0.4, -0.2) is 21.0 Å². The summed E-state index contributed by atoms with van der Waals surface area (Å²) >= 11 is 5.84. The SMILES string of the molecule is O=C(NCc1ccc(Cl)cc1)c1nc(Cc2c[nH]c3ccccc23)no1. The van der Waals surface area contributed by atoms with Crippen molar-refractivity contribution in [2.45, 2.75) is 13.0 Å². The van der Waals surface area contributed by atoms with E-state index < -0.39 is 5.91 Å². The van der Waals surface area contributed by atoms with Crippen LogP contribution in [-0.2, 0) is 13.0 Å². The van der Waals surface area contributed by atoms with Crippen LogP contribution in [0.2, 0.25) is 5.02 Å². The third-order valence-corrected chi connectivity index (χ3v) is 4.30. The molecule has 26 heavy (non-hydrogen) atoms. The van der Waals surface area contributed by atoms with Crippen molar-refractivity contribution in [2.24, 2.45) is 0 Å². The van der Waals surface area contributed by atoms with Crippen molar-refractivity contribution in [3.8, 4) is 0 Å². The molecule has 0 aliphatic rings. The van der Waals surface area contributed by atoms with Gasteiger partial charge in [0.25, 0.3) is 0 Å². The molecule has 2 aromatic heterocycles. The smallest absolute Gasteiger partial charge is 0.315 e. The minimum absolute atomic E-state index is 0.0474. The number of halogens is 1. The summed E-state index contributed by atoms with van der Waals surface area (Å²) in [5.74, 6) is 0.0119. The van der Waals surface area contributed by atoms with Gasteiger partial charge in [-0.25, -0.2) is 0 Å². The number of rotatable bonds is 5. The Bertz CT molecular complexity index is 1050. The number of amides is 1. The first-order chi connectivity index (χ1) is 12.7.